The van der Waals surface area contributed by atoms with Gasteiger partial charge in [-0.1, -0.05) is 35.5 Å². The summed E-state index contributed by atoms with van der Waals surface area (Å²) >= 11 is 7.18. The number of methoxy groups -OCH3 is 1. The van der Waals surface area contributed by atoms with E-state index in [1.54, 1.807) is 31.4 Å². The standard InChI is InChI=1S/C18H17ClN4O3S/c1-25-13-8-6-12(7-9-13)20-10-17-22-23-18(26-17)27-11-16(24)21-15-5-3-2-4-14(15)19/h2-9,20H,10-11H2,1H3,(H,21,24). The monoisotopic (exact) mass is 404 g/mol. The van der Waals surface area contributed by atoms with Crippen LogP contribution in [0.4, 0.5) is 11.4 Å². The fraction of sp³-hybridized carbons (Fsp3) is 0.167. The van der Waals surface area contributed by atoms with Gasteiger partial charge in [-0.05, 0) is 36.4 Å². The largest absolute Gasteiger partial charge is 0.497 e. The van der Waals surface area contributed by atoms with E-state index >= 15 is 0 Å². The van der Waals surface area contributed by atoms with Gasteiger partial charge in [0.25, 0.3) is 5.22 Å². The van der Waals surface area contributed by atoms with Gasteiger partial charge in [0.1, 0.15) is 5.75 Å². The Morgan fingerprint density at radius 1 is 1.19 bits per heavy atom. The van der Waals surface area contributed by atoms with Crippen LogP contribution in [-0.2, 0) is 11.3 Å². The minimum Gasteiger partial charge on any atom is -0.497 e. The first-order chi connectivity index (χ1) is 13.1. The lowest BCUT2D eigenvalue weighted by Gasteiger charge is -2.05. The summed E-state index contributed by atoms with van der Waals surface area (Å²) in [4.78, 5) is 12.0. The molecule has 7 nitrogen and oxygen atoms in total. The number of carbonyl (C=O) groups excluding carboxylic acids is 1. The van der Waals surface area contributed by atoms with Gasteiger partial charge < -0.3 is 19.8 Å². The predicted molar refractivity (Wildman–Crippen MR) is 105 cm³/mol. The van der Waals surface area contributed by atoms with E-state index in [-0.39, 0.29) is 11.7 Å². The summed E-state index contributed by atoms with van der Waals surface area (Å²) in [5, 5.41) is 14.6. The van der Waals surface area contributed by atoms with Crippen LogP contribution < -0.4 is 15.4 Å². The van der Waals surface area contributed by atoms with Crippen LogP contribution in [-0.4, -0.2) is 29.0 Å². The molecule has 0 saturated carbocycles. The second-order valence-corrected chi connectivity index (χ2v) is 6.69. The van der Waals surface area contributed by atoms with Gasteiger partial charge in [0, 0.05) is 5.69 Å². The number of nitrogens with zero attached hydrogens (tertiary/aromatic N) is 2. The summed E-state index contributed by atoms with van der Waals surface area (Å²) in [7, 11) is 1.62. The Kier molecular flexibility index (Phi) is 6.56. The zero-order valence-electron chi connectivity index (χ0n) is 14.4. The number of amides is 1. The molecule has 9 heteroatoms. The summed E-state index contributed by atoms with van der Waals surface area (Å²) in [6.45, 7) is 0.381. The maximum Gasteiger partial charge on any atom is 0.277 e. The van der Waals surface area contributed by atoms with Gasteiger partial charge in [0.15, 0.2) is 0 Å². The number of hydrogen-bond donors (Lipinski definition) is 2. The van der Waals surface area contributed by atoms with Crippen LogP contribution in [0, 0.1) is 0 Å². The molecule has 27 heavy (non-hydrogen) atoms. The lowest BCUT2D eigenvalue weighted by Crippen LogP contribution is -2.14. The number of halogens is 1. The number of thioether (sulfide) groups is 1. The molecule has 2 aromatic carbocycles. The van der Waals surface area contributed by atoms with Gasteiger partial charge in [-0.25, -0.2) is 0 Å². The molecule has 0 aliphatic carbocycles. The fourth-order valence-electron chi connectivity index (χ4n) is 2.13. The second kappa shape index (κ2) is 9.29. The molecular weight excluding hydrogens is 388 g/mol. The summed E-state index contributed by atoms with van der Waals surface area (Å²) in [5.74, 6) is 1.15. The maximum atomic E-state index is 12.0. The number of benzene rings is 2. The van der Waals surface area contributed by atoms with Crippen LogP contribution in [0.1, 0.15) is 5.89 Å². The molecule has 0 spiro atoms. The third-order valence-electron chi connectivity index (χ3n) is 3.46. The number of nitrogens with one attached hydrogen (secondary N) is 2. The minimum atomic E-state index is -0.204. The minimum absolute atomic E-state index is 0.138. The second-order valence-electron chi connectivity index (χ2n) is 5.36. The molecule has 1 aromatic heterocycles. The molecule has 0 atom stereocenters. The number of para-hydroxylation sites is 1. The topological polar surface area (TPSA) is 89.3 Å². The summed E-state index contributed by atoms with van der Waals surface area (Å²) < 4.78 is 10.6. The van der Waals surface area contributed by atoms with Crippen LogP contribution in [0.3, 0.4) is 0 Å². The first kappa shape index (κ1) is 19.1. The molecule has 0 bridgehead atoms. The van der Waals surface area contributed by atoms with Crippen molar-refractivity contribution in [2.75, 3.05) is 23.5 Å². The molecule has 2 N–H and O–H groups in total. The van der Waals surface area contributed by atoms with Crippen LogP contribution in [0.5, 0.6) is 5.75 Å². The summed E-state index contributed by atoms with van der Waals surface area (Å²) in [5.41, 5.74) is 1.47. The quantitative estimate of drug-likeness (QED) is 0.547. The van der Waals surface area contributed by atoms with Crippen molar-refractivity contribution in [1.29, 1.82) is 0 Å². The van der Waals surface area contributed by atoms with Crippen molar-refractivity contribution in [1.82, 2.24) is 10.2 Å². The zero-order valence-corrected chi connectivity index (χ0v) is 16.0. The average Bonchev–Trinajstić information content (AvgIpc) is 3.15. The number of aromatic nitrogens is 2. The van der Waals surface area contributed by atoms with Crippen molar-refractivity contribution in [3.8, 4) is 5.75 Å². The van der Waals surface area contributed by atoms with Crippen molar-refractivity contribution in [3.05, 3.63) is 59.4 Å². The van der Waals surface area contributed by atoms with E-state index in [0.29, 0.717) is 28.4 Å². The molecule has 0 fully saturated rings. The number of rotatable bonds is 8. The molecular formula is C18H17ClN4O3S. The zero-order chi connectivity index (χ0) is 19.1. The smallest absolute Gasteiger partial charge is 0.277 e. The number of ether oxygens (including phenoxy) is 1. The normalized spacial score (nSPS) is 10.4. The average molecular weight is 405 g/mol. The van der Waals surface area contributed by atoms with Crippen molar-refractivity contribution in [2.24, 2.45) is 0 Å². The Morgan fingerprint density at radius 3 is 2.70 bits per heavy atom. The van der Waals surface area contributed by atoms with Gasteiger partial charge in [0.2, 0.25) is 11.8 Å². The Morgan fingerprint density at radius 2 is 1.96 bits per heavy atom. The highest BCUT2D eigenvalue weighted by molar-refractivity contribution is 7.99. The number of hydrogen-bond acceptors (Lipinski definition) is 7. The van der Waals surface area contributed by atoms with E-state index in [0.717, 1.165) is 23.2 Å². The molecule has 3 aromatic rings. The van der Waals surface area contributed by atoms with Crippen molar-refractivity contribution in [3.63, 3.8) is 0 Å². The summed E-state index contributed by atoms with van der Waals surface area (Å²) in [6, 6.07) is 14.5. The van der Waals surface area contributed by atoms with Crippen LogP contribution in [0.2, 0.25) is 5.02 Å². The first-order valence-corrected chi connectivity index (χ1v) is 9.38. The molecule has 0 unspecified atom stereocenters. The Balaban J connectivity index is 1.46. The van der Waals surface area contributed by atoms with E-state index in [9.17, 15) is 4.79 Å². The Labute approximate surface area is 165 Å². The third-order valence-corrected chi connectivity index (χ3v) is 4.60. The molecule has 1 amide bonds. The molecule has 0 saturated heterocycles. The van der Waals surface area contributed by atoms with Gasteiger partial charge >= 0.3 is 0 Å². The molecule has 3 rings (SSSR count). The maximum absolute atomic E-state index is 12.0. The Hall–Kier alpha value is -2.71. The molecule has 140 valence electrons. The van der Waals surface area contributed by atoms with E-state index in [2.05, 4.69) is 20.8 Å². The first-order valence-electron chi connectivity index (χ1n) is 8.01. The highest BCUT2D eigenvalue weighted by atomic mass is 35.5. The van der Waals surface area contributed by atoms with Gasteiger partial charge in [-0.15, -0.1) is 10.2 Å². The fourth-order valence-corrected chi connectivity index (χ4v) is 2.89. The predicted octanol–water partition coefficient (Wildman–Crippen LogP) is 4.07. The lowest BCUT2D eigenvalue weighted by atomic mass is 10.3. The van der Waals surface area contributed by atoms with Gasteiger partial charge in [-0.3, -0.25) is 4.79 Å². The Bertz CT molecular complexity index is 902. The highest BCUT2D eigenvalue weighted by Crippen LogP contribution is 2.22. The number of carbonyl (C=O) groups is 1. The van der Waals surface area contributed by atoms with E-state index < -0.39 is 0 Å². The molecule has 0 aliphatic rings. The summed E-state index contributed by atoms with van der Waals surface area (Å²) in [6.07, 6.45) is 0. The number of anilines is 2. The van der Waals surface area contributed by atoms with E-state index in [1.807, 2.05) is 24.3 Å². The SMILES string of the molecule is COc1ccc(NCc2nnc(SCC(=O)Nc3ccccc3Cl)o2)cc1. The van der Waals surface area contributed by atoms with Crippen molar-refractivity contribution < 1.29 is 13.9 Å². The van der Waals surface area contributed by atoms with E-state index in [1.165, 1.54) is 0 Å². The molecule has 0 radical (unpaired) electrons. The highest BCUT2D eigenvalue weighted by Gasteiger charge is 2.11. The lowest BCUT2D eigenvalue weighted by molar-refractivity contribution is -0.113. The third kappa shape index (κ3) is 5.63. The van der Waals surface area contributed by atoms with Gasteiger partial charge in [-0.2, -0.15) is 0 Å². The molecule has 0 aliphatic heterocycles. The van der Waals surface area contributed by atoms with Crippen LogP contribution in [0.25, 0.3) is 0 Å². The van der Waals surface area contributed by atoms with Gasteiger partial charge in [0.05, 0.1) is 30.1 Å². The van der Waals surface area contributed by atoms with Crippen LogP contribution in [0.15, 0.2) is 58.2 Å². The van der Waals surface area contributed by atoms with Crippen molar-refractivity contribution >= 4 is 40.6 Å². The van der Waals surface area contributed by atoms with Crippen LogP contribution >= 0.6 is 23.4 Å². The van der Waals surface area contributed by atoms with E-state index in [4.69, 9.17) is 20.8 Å². The van der Waals surface area contributed by atoms with Crippen molar-refractivity contribution in [2.45, 2.75) is 11.8 Å². The molecule has 1 heterocycles.